The van der Waals surface area contributed by atoms with Crippen molar-refractivity contribution in [2.45, 2.75) is 19.5 Å². The topological polar surface area (TPSA) is 78.2 Å². The van der Waals surface area contributed by atoms with Crippen molar-refractivity contribution in [2.75, 3.05) is 0 Å². The fourth-order valence-corrected chi connectivity index (χ4v) is 4.52. The predicted molar refractivity (Wildman–Crippen MR) is 123 cm³/mol. The number of thiazole rings is 1. The van der Waals surface area contributed by atoms with Crippen molar-refractivity contribution >= 4 is 45.9 Å². The van der Waals surface area contributed by atoms with E-state index in [0.717, 1.165) is 24.2 Å². The van der Waals surface area contributed by atoms with E-state index >= 15 is 0 Å². The molecule has 0 aliphatic heterocycles. The number of nitro benzene ring substituents is 1. The molecule has 0 saturated heterocycles. The minimum Gasteiger partial charge on any atom is -0.337 e. The van der Waals surface area contributed by atoms with Gasteiger partial charge in [-0.05, 0) is 30.7 Å². The lowest BCUT2D eigenvalue weighted by Crippen LogP contribution is -2.17. The molecular formula is C21H17Cl2N5O2S. The minimum absolute atomic E-state index is 0.0387. The molecule has 0 aliphatic carbocycles. The van der Waals surface area contributed by atoms with Gasteiger partial charge >= 0.3 is 0 Å². The molecule has 0 amide bonds. The Morgan fingerprint density at radius 1 is 1.16 bits per heavy atom. The van der Waals surface area contributed by atoms with Gasteiger partial charge in [-0.15, -0.1) is 11.3 Å². The summed E-state index contributed by atoms with van der Waals surface area (Å²) in [6.45, 7) is 1.41. The molecule has 4 rings (SSSR count). The highest BCUT2D eigenvalue weighted by molar-refractivity contribution is 7.07. The second-order valence-corrected chi connectivity index (χ2v) is 8.37. The predicted octanol–water partition coefficient (Wildman–Crippen LogP) is 5.95. The standard InChI is InChI=1S/C21H17Cl2N5O2S/c22-15-6-7-17(23)16(12-15)20-13-31-21(25-18-4-1-2-5-19(18)28(29)30)27(20)10-3-9-26-11-8-24-14-26/h1-2,4-8,11-14H,3,9-10H2. The molecule has 2 heterocycles. The Morgan fingerprint density at radius 3 is 2.77 bits per heavy atom. The van der Waals surface area contributed by atoms with E-state index in [1.54, 1.807) is 42.9 Å². The summed E-state index contributed by atoms with van der Waals surface area (Å²) in [6.07, 6.45) is 6.23. The Labute approximate surface area is 192 Å². The Morgan fingerprint density at radius 2 is 2.00 bits per heavy atom. The van der Waals surface area contributed by atoms with E-state index in [1.165, 1.54) is 17.4 Å². The van der Waals surface area contributed by atoms with Gasteiger partial charge in [-0.2, -0.15) is 0 Å². The van der Waals surface area contributed by atoms with E-state index in [1.807, 2.05) is 26.8 Å². The Kier molecular flexibility index (Phi) is 6.50. The number of para-hydroxylation sites is 2. The average Bonchev–Trinajstić information content (AvgIpc) is 3.41. The van der Waals surface area contributed by atoms with Gasteiger partial charge in [0.1, 0.15) is 5.69 Å². The van der Waals surface area contributed by atoms with Crippen molar-refractivity contribution in [3.63, 3.8) is 0 Å². The van der Waals surface area contributed by atoms with Crippen molar-refractivity contribution < 1.29 is 4.92 Å². The lowest BCUT2D eigenvalue weighted by atomic mass is 10.1. The zero-order valence-corrected chi connectivity index (χ0v) is 18.5. The van der Waals surface area contributed by atoms with Crippen LogP contribution in [0.1, 0.15) is 6.42 Å². The molecular weight excluding hydrogens is 457 g/mol. The van der Waals surface area contributed by atoms with Crippen LogP contribution in [0.25, 0.3) is 11.3 Å². The van der Waals surface area contributed by atoms with Crippen molar-refractivity contribution in [1.29, 1.82) is 0 Å². The number of halogens is 2. The summed E-state index contributed by atoms with van der Waals surface area (Å²) in [7, 11) is 0. The molecule has 0 spiro atoms. The maximum atomic E-state index is 11.4. The molecule has 0 bridgehead atoms. The first-order valence-electron chi connectivity index (χ1n) is 9.40. The van der Waals surface area contributed by atoms with E-state index in [2.05, 4.69) is 9.98 Å². The van der Waals surface area contributed by atoms with Crippen LogP contribution in [-0.4, -0.2) is 19.0 Å². The lowest BCUT2D eigenvalue weighted by Gasteiger charge is -2.11. The van der Waals surface area contributed by atoms with Gasteiger partial charge in [0.2, 0.25) is 0 Å². The number of imidazole rings is 1. The largest absolute Gasteiger partial charge is 0.337 e. The molecule has 0 N–H and O–H groups in total. The van der Waals surface area contributed by atoms with Gasteiger partial charge in [0, 0.05) is 47.5 Å². The maximum absolute atomic E-state index is 11.4. The number of hydrogen-bond donors (Lipinski definition) is 0. The van der Waals surface area contributed by atoms with E-state index in [9.17, 15) is 10.1 Å². The number of nitrogens with zero attached hydrogens (tertiary/aromatic N) is 5. The van der Waals surface area contributed by atoms with Gasteiger partial charge in [-0.1, -0.05) is 35.3 Å². The zero-order chi connectivity index (χ0) is 21.8. The smallest absolute Gasteiger partial charge is 0.294 e. The molecule has 31 heavy (non-hydrogen) atoms. The fraction of sp³-hybridized carbons (Fsp3) is 0.143. The normalized spacial score (nSPS) is 11.7. The van der Waals surface area contributed by atoms with E-state index < -0.39 is 4.92 Å². The summed E-state index contributed by atoms with van der Waals surface area (Å²) < 4.78 is 4.02. The highest BCUT2D eigenvalue weighted by Crippen LogP contribution is 2.32. The van der Waals surface area contributed by atoms with Gasteiger partial charge in [-0.25, -0.2) is 9.98 Å². The molecule has 158 valence electrons. The number of benzene rings is 2. The van der Waals surface area contributed by atoms with Crippen LogP contribution in [0.3, 0.4) is 0 Å². The van der Waals surface area contributed by atoms with Crippen LogP contribution < -0.4 is 4.80 Å². The summed E-state index contributed by atoms with van der Waals surface area (Å²) in [4.78, 5) is 20.3. The molecule has 0 fully saturated rings. The lowest BCUT2D eigenvalue weighted by molar-refractivity contribution is -0.384. The molecule has 10 heteroatoms. The third kappa shape index (κ3) is 4.87. The second-order valence-electron chi connectivity index (χ2n) is 6.69. The summed E-state index contributed by atoms with van der Waals surface area (Å²) in [5.41, 5.74) is 1.92. The monoisotopic (exact) mass is 473 g/mol. The summed E-state index contributed by atoms with van der Waals surface area (Å²) in [6, 6.07) is 11.8. The highest BCUT2D eigenvalue weighted by Gasteiger charge is 2.15. The second kappa shape index (κ2) is 9.47. The SMILES string of the molecule is O=[N+]([O-])c1ccccc1N=c1scc(-c2cc(Cl)ccc2Cl)n1CCCn1ccnc1. The van der Waals surface area contributed by atoms with Crippen LogP contribution in [0.15, 0.2) is 71.6 Å². The van der Waals surface area contributed by atoms with Crippen molar-refractivity contribution in [2.24, 2.45) is 4.99 Å². The first-order chi connectivity index (χ1) is 15.0. The molecule has 0 radical (unpaired) electrons. The van der Waals surface area contributed by atoms with Crippen molar-refractivity contribution in [3.05, 3.63) is 91.5 Å². The van der Waals surface area contributed by atoms with Gasteiger partial charge < -0.3 is 9.13 Å². The van der Waals surface area contributed by atoms with Crippen LogP contribution in [0.5, 0.6) is 0 Å². The van der Waals surface area contributed by atoms with Crippen molar-refractivity contribution in [3.8, 4) is 11.3 Å². The van der Waals surface area contributed by atoms with Gasteiger partial charge in [0.25, 0.3) is 5.69 Å². The third-order valence-electron chi connectivity index (χ3n) is 4.65. The van der Waals surface area contributed by atoms with E-state index in [0.29, 0.717) is 27.1 Å². The number of aromatic nitrogens is 3. The van der Waals surface area contributed by atoms with Crippen LogP contribution in [0, 0.1) is 10.1 Å². The molecule has 2 aromatic carbocycles. The summed E-state index contributed by atoms with van der Waals surface area (Å²) in [5.74, 6) is 0. The van der Waals surface area contributed by atoms with Crippen molar-refractivity contribution in [1.82, 2.24) is 14.1 Å². The summed E-state index contributed by atoms with van der Waals surface area (Å²) >= 11 is 14.1. The number of nitro groups is 1. The molecule has 0 saturated carbocycles. The van der Waals surface area contributed by atoms with E-state index in [4.69, 9.17) is 23.2 Å². The molecule has 4 aromatic rings. The van der Waals surface area contributed by atoms with Crippen LogP contribution >= 0.6 is 34.5 Å². The Bertz CT molecular complexity index is 1280. The molecule has 0 atom stereocenters. The first kappa shape index (κ1) is 21.3. The number of aryl methyl sites for hydroxylation is 1. The quantitative estimate of drug-likeness (QED) is 0.245. The Balaban J connectivity index is 1.79. The van der Waals surface area contributed by atoms with Crippen LogP contribution in [0.4, 0.5) is 11.4 Å². The fourth-order valence-electron chi connectivity index (χ4n) is 3.19. The van der Waals surface area contributed by atoms with Gasteiger partial charge in [0.15, 0.2) is 4.80 Å². The van der Waals surface area contributed by atoms with Crippen LogP contribution in [-0.2, 0) is 13.1 Å². The average molecular weight is 474 g/mol. The van der Waals surface area contributed by atoms with Gasteiger partial charge in [0.05, 0.1) is 22.0 Å². The first-order valence-corrected chi connectivity index (χ1v) is 11.0. The van der Waals surface area contributed by atoms with Crippen LogP contribution in [0.2, 0.25) is 10.0 Å². The van der Waals surface area contributed by atoms with E-state index in [-0.39, 0.29) is 5.69 Å². The molecule has 7 nitrogen and oxygen atoms in total. The molecule has 0 aliphatic rings. The molecule has 0 unspecified atom stereocenters. The Hall–Kier alpha value is -2.94. The third-order valence-corrected chi connectivity index (χ3v) is 6.08. The number of rotatable bonds is 7. The minimum atomic E-state index is -0.426. The highest BCUT2D eigenvalue weighted by atomic mass is 35.5. The molecule has 2 aromatic heterocycles. The maximum Gasteiger partial charge on any atom is 0.294 e. The van der Waals surface area contributed by atoms with Gasteiger partial charge in [-0.3, -0.25) is 10.1 Å². The number of hydrogen-bond acceptors (Lipinski definition) is 5. The zero-order valence-electron chi connectivity index (χ0n) is 16.2. The summed E-state index contributed by atoms with van der Waals surface area (Å²) in [5, 5.41) is 14.5.